The number of rotatable bonds is 3. The minimum atomic E-state index is -1.31. The van der Waals surface area contributed by atoms with E-state index in [0.717, 1.165) is 0 Å². The van der Waals surface area contributed by atoms with Gasteiger partial charge in [-0.2, -0.15) is 4.99 Å². The average molecular weight is 262 g/mol. The fourth-order valence-electron chi connectivity index (χ4n) is 1.65. The molecule has 0 aliphatic carbocycles. The zero-order valence-electron chi connectivity index (χ0n) is 9.11. The standard InChI is InChI=1S/C9H14N2O5S/c1-4(13)11-6-8(15)7(14)5(2-12)16-9(6)10-3-17/h5-9,12,14-15H,2H2,1H3,(H,11,13)/t5-,6+,7-,8+,9-/m1/s1. The molecule has 1 heterocycles. The third-order valence-electron chi connectivity index (χ3n) is 2.45. The number of carbonyl (C=O) groups is 1. The van der Waals surface area contributed by atoms with Crippen molar-refractivity contribution >= 4 is 23.3 Å². The molecule has 17 heavy (non-hydrogen) atoms. The van der Waals surface area contributed by atoms with Crippen LogP contribution in [0.5, 0.6) is 0 Å². The highest BCUT2D eigenvalue weighted by Gasteiger charge is 2.44. The molecular formula is C9H14N2O5S. The summed E-state index contributed by atoms with van der Waals surface area (Å²) in [6.45, 7) is 0.782. The maximum Gasteiger partial charge on any atom is 0.217 e. The van der Waals surface area contributed by atoms with E-state index < -0.39 is 43.1 Å². The Labute approximate surface area is 103 Å². The lowest BCUT2D eigenvalue weighted by atomic mass is 9.96. The van der Waals surface area contributed by atoms with Crippen molar-refractivity contribution in [3.05, 3.63) is 0 Å². The highest BCUT2D eigenvalue weighted by Crippen LogP contribution is 2.21. The van der Waals surface area contributed by atoms with Crippen LogP contribution >= 0.6 is 12.2 Å². The van der Waals surface area contributed by atoms with Crippen molar-refractivity contribution in [1.82, 2.24) is 5.32 Å². The first kappa shape index (κ1) is 14.2. The van der Waals surface area contributed by atoms with Crippen molar-refractivity contribution in [3.63, 3.8) is 0 Å². The fourth-order valence-corrected chi connectivity index (χ4v) is 1.75. The third kappa shape index (κ3) is 3.29. The van der Waals surface area contributed by atoms with Crippen molar-refractivity contribution in [1.29, 1.82) is 0 Å². The lowest BCUT2D eigenvalue weighted by molar-refractivity contribution is -0.192. The second-order valence-electron chi connectivity index (χ2n) is 3.68. The van der Waals surface area contributed by atoms with Crippen LogP contribution in [0.25, 0.3) is 0 Å². The Kier molecular flexibility index (Phi) is 5.13. The molecule has 0 aromatic heterocycles. The number of aliphatic hydroxyl groups excluding tert-OH is 3. The van der Waals surface area contributed by atoms with Crippen LogP contribution in [0.2, 0.25) is 0 Å². The summed E-state index contributed by atoms with van der Waals surface area (Å²) in [6, 6.07) is -0.930. The van der Waals surface area contributed by atoms with E-state index in [1.807, 2.05) is 0 Å². The summed E-state index contributed by atoms with van der Waals surface area (Å²) in [6.07, 6.45) is -4.57. The molecule has 0 aromatic carbocycles. The third-order valence-corrected chi connectivity index (χ3v) is 2.56. The van der Waals surface area contributed by atoms with Gasteiger partial charge in [0.1, 0.15) is 24.4 Å². The van der Waals surface area contributed by atoms with Gasteiger partial charge in [0.2, 0.25) is 5.91 Å². The number of hydrogen-bond donors (Lipinski definition) is 4. The number of hydrogen-bond acceptors (Lipinski definition) is 7. The lowest BCUT2D eigenvalue weighted by Gasteiger charge is -2.40. The number of ether oxygens (including phenoxy) is 1. The highest BCUT2D eigenvalue weighted by atomic mass is 32.1. The molecule has 1 aliphatic rings. The van der Waals surface area contributed by atoms with Gasteiger partial charge in [-0.05, 0) is 12.2 Å². The second-order valence-corrected chi connectivity index (χ2v) is 3.86. The summed E-state index contributed by atoms with van der Waals surface area (Å²) in [5, 5.41) is 32.9. The van der Waals surface area contributed by atoms with Gasteiger partial charge >= 0.3 is 0 Å². The first-order chi connectivity index (χ1) is 8.01. The zero-order chi connectivity index (χ0) is 13.0. The molecule has 8 heteroatoms. The van der Waals surface area contributed by atoms with Gasteiger partial charge in [0.25, 0.3) is 0 Å². The van der Waals surface area contributed by atoms with Gasteiger partial charge in [-0.3, -0.25) is 4.79 Å². The van der Waals surface area contributed by atoms with Crippen LogP contribution in [0.3, 0.4) is 0 Å². The van der Waals surface area contributed by atoms with Crippen LogP contribution in [0.15, 0.2) is 4.99 Å². The topological polar surface area (TPSA) is 111 Å². The Morgan fingerprint density at radius 1 is 1.53 bits per heavy atom. The molecular weight excluding hydrogens is 248 g/mol. The van der Waals surface area contributed by atoms with E-state index in [1.165, 1.54) is 6.92 Å². The minimum absolute atomic E-state index is 0.406. The summed E-state index contributed by atoms with van der Waals surface area (Å²) >= 11 is 4.43. The summed E-state index contributed by atoms with van der Waals surface area (Å²) in [7, 11) is 0. The maximum atomic E-state index is 11.0. The van der Waals surface area contributed by atoms with Crippen LogP contribution in [-0.4, -0.2) is 63.6 Å². The molecule has 1 fully saturated rings. The van der Waals surface area contributed by atoms with Gasteiger partial charge in [-0.1, -0.05) is 0 Å². The molecule has 96 valence electrons. The predicted octanol–water partition coefficient (Wildman–Crippen LogP) is -1.97. The number of isothiocyanates is 1. The molecule has 0 bridgehead atoms. The summed E-state index contributed by atoms with van der Waals surface area (Å²) < 4.78 is 5.20. The lowest BCUT2D eigenvalue weighted by Crippen LogP contribution is -2.63. The smallest absolute Gasteiger partial charge is 0.217 e. The second kappa shape index (κ2) is 6.15. The molecule has 0 saturated carbocycles. The first-order valence-corrected chi connectivity index (χ1v) is 5.38. The van der Waals surface area contributed by atoms with Crippen LogP contribution in [0, 0.1) is 0 Å². The monoisotopic (exact) mass is 262 g/mol. The van der Waals surface area contributed by atoms with E-state index >= 15 is 0 Å². The molecule has 1 saturated heterocycles. The van der Waals surface area contributed by atoms with E-state index in [2.05, 4.69) is 27.7 Å². The summed E-state index contributed by atoms with van der Waals surface area (Å²) in [5.74, 6) is -0.406. The first-order valence-electron chi connectivity index (χ1n) is 4.97. The van der Waals surface area contributed by atoms with Gasteiger partial charge in [0, 0.05) is 6.92 Å². The molecule has 0 spiro atoms. The van der Waals surface area contributed by atoms with Gasteiger partial charge < -0.3 is 25.4 Å². The SMILES string of the molecule is CC(=O)N[C@H]1[C@H](O)[C@H](O)[C@@H](CO)O[C@H]1N=C=S. The summed E-state index contributed by atoms with van der Waals surface area (Å²) in [4.78, 5) is 14.6. The van der Waals surface area contributed by atoms with E-state index in [1.54, 1.807) is 0 Å². The number of aliphatic hydroxyl groups is 3. The van der Waals surface area contributed by atoms with Crippen LogP contribution in [0.4, 0.5) is 0 Å². The molecule has 1 aliphatic heterocycles. The molecule has 0 radical (unpaired) electrons. The molecule has 0 unspecified atom stereocenters. The van der Waals surface area contributed by atoms with E-state index in [0.29, 0.717) is 0 Å². The Bertz CT molecular complexity index is 333. The molecule has 5 atom stereocenters. The summed E-state index contributed by atoms with van der Waals surface area (Å²) in [5.41, 5.74) is 0. The Morgan fingerprint density at radius 3 is 2.65 bits per heavy atom. The molecule has 1 amide bonds. The van der Waals surface area contributed by atoms with Crippen molar-refractivity contribution in [2.75, 3.05) is 6.61 Å². The van der Waals surface area contributed by atoms with Gasteiger partial charge in [-0.25, -0.2) is 0 Å². The predicted molar refractivity (Wildman–Crippen MR) is 60.4 cm³/mol. The van der Waals surface area contributed by atoms with Gasteiger partial charge in [-0.15, -0.1) is 0 Å². The number of thiocarbonyl (C=S) groups is 1. The number of nitrogens with zero attached hydrogens (tertiary/aromatic N) is 1. The number of carbonyl (C=O) groups excluding carboxylic acids is 1. The largest absolute Gasteiger partial charge is 0.394 e. The Morgan fingerprint density at radius 2 is 2.18 bits per heavy atom. The van der Waals surface area contributed by atoms with Crippen molar-refractivity contribution in [3.8, 4) is 0 Å². The van der Waals surface area contributed by atoms with E-state index in [9.17, 15) is 15.0 Å². The van der Waals surface area contributed by atoms with Gasteiger partial charge in [0.05, 0.1) is 11.8 Å². The fraction of sp³-hybridized carbons (Fsp3) is 0.778. The van der Waals surface area contributed by atoms with Gasteiger partial charge in [0.15, 0.2) is 6.23 Å². The average Bonchev–Trinajstić information content (AvgIpc) is 2.28. The maximum absolute atomic E-state index is 11.0. The minimum Gasteiger partial charge on any atom is -0.394 e. The van der Waals surface area contributed by atoms with Crippen LogP contribution in [-0.2, 0) is 9.53 Å². The Hall–Kier alpha value is -0.890. The van der Waals surface area contributed by atoms with Crippen LogP contribution in [0.1, 0.15) is 6.92 Å². The number of aliphatic imine (C=N–C) groups is 1. The molecule has 1 rings (SSSR count). The molecule has 7 nitrogen and oxygen atoms in total. The highest BCUT2D eigenvalue weighted by molar-refractivity contribution is 7.78. The van der Waals surface area contributed by atoms with Crippen molar-refractivity contribution in [2.24, 2.45) is 4.99 Å². The van der Waals surface area contributed by atoms with Crippen molar-refractivity contribution < 1.29 is 24.9 Å². The van der Waals surface area contributed by atoms with Crippen molar-refractivity contribution in [2.45, 2.75) is 37.5 Å². The quantitative estimate of drug-likeness (QED) is 0.347. The van der Waals surface area contributed by atoms with Crippen LogP contribution < -0.4 is 5.32 Å². The van der Waals surface area contributed by atoms with E-state index in [-0.39, 0.29) is 0 Å². The zero-order valence-corrected chi connectivity index (χ0v) is 9.92. The normalized spacial score (nSPS) is 37.1. The number of nitrogens with one attached hydrogen (secondary N) is 1. The molecule has 0 aromatic rings. The number of amides is 1. The Balaban J connectivity index is 2.90. The molecule has 4 N–H and O–H groups in total. The van der Waals surface area contributed by atoms with E-state index in [4.69, 9.17) is 9.84 Å².